The molecule has 17 nitrogen and oxygen atoms in total. The summed E-state index contributed by atoms with van der Waals surface area (Å²) in [4.78, 5) is 73.0. The Kier molecular flexibility index (Phi) is 72.5. The van der Waals surface area contributed by atoms with Crippen molar-refractivity contribution < 1.29 is 80.2 Å². The van der Waals surface area contributed by atoms with Gasteiger partial charge in [-0.25, -0.2) is 9.13 Å². The SMILES string of the molecule is CCCCCCCCCCCCCCCCCCCC(=O)OC[C@H](COP(=O)(O)OC[C@@H](O)COP(=O)(O)OC[C@@H](COC(=O)CCCCCCCCCCCCC)OC(=O)CCCCCCCCCCCCC)OC(=O)CCCCCCCCCCCCCCCCCCCCC(C)C. The maximum atomic E-state index is 13.1. The number of rotatable bonds is 81. The summed E-state index contributed by atoms with van der Waals surface area (Å²) >= 11 is 0. The third-order valence-electron chi connectivity index (χ3n) is 19.0. The van der Waals surface area contributed by atoms with Gasteiger partial charge in [-0.05, 0) is 31.6 Å². The van der Waals surface area contributed by atoms with Crippen molar-refractivity contribution in [3.05, 3.63) is 0 Å². The van der Waals surface area contributed by atoms with E-state index in [4.69, 9.17) is 37.0 Å². The van der Waals surface area contributed by atoms with Crippen LogP contribution >= 0.6 is 15.6 Å². The van der Waals surface area contributed by atoms with E-state index in [9.17, 15) is 43.2 Å². The first-order valence-corrected chi connectivity index (χ1v) is 45.1. The zero-order valence-corrected chi connectivity index (χ0v) is 67.1. The van der Waals surface area contributed by atoms with Crippen molar-refractivity contribution in [1.29, 1.82) is 0 Å². The van der Waals surface area contributed by atoms with Gasteiger partial charge in [-0.2, -0.15) is 0 Å². The lowest BCUT2D eigenvalue weighted by Gasteiger charge is -2.21. The smallest absolute Gasteiger partial charge is 0.462 e. The zero-order valence-electron chi connectivity index (χ0n) is 65.3. The van der Waals surface area contributed by atoms with Crippen molar-refractivity contribution in [1.82, 2.24) is 0 Å². The summed E-state index contributed by atoms with van der Waals surface area (Å²) in [6.45, 7) is 7.36. The van der Waals surface area contributed by atoms with Crippen molar-refractivity contribution in [3.8, 4) is 0 Å². The van der Waals surface area contributed by atoms with Crippen molar-refractivity contribution in [2.45, 2.75) is 451 Å². The number of phosphoric ester groups is 2. The Morgan fingerprint density at radius 1 is 0.270 bits per heavy atom. The normalized spacial score (nSPS) is 13.8. The fourth-order valence-corrected chi connectivity index (χ4v) is 14.2. The second kappa shape index (κ2) is 73.9. The number of aliphatic hydroxyl groups is 1. The Morgan fingerprint density at radius 2 is 0.460 bits per heavy atom. The number of phosphoric acid groups is 2. The molecule has 0 fully saturated rings. The number of hydrogen-bond donors (Lipinski definition) is 3. The topological polar surface area (TPSA) is 237 Å². The molecule has 0 spiro atoms. The highest BCUT2D eigenvalue weighted by Gasteiger charge is 2.30. The van der Waals surface area contributed by atoms with Gasteiger partial charge in [0.05, 0.1) is 26.4 Å². The zero-order chi connectivity index (χ0) is 73.4. The Hall–Kier alpha value is -1.94. The van der Waals surface area contributed by atoms with E-state index in [-0.39, 0.29) is 25.7 Å². The van der Waals surface area contributed by atoms with Gasteiger partial charge in [-0.1, -0.05) is 381 Å². The summed E-state index contributed by atoms with van der Waals surface area (Å²) in [7, 11) is -9.92. The Balaban J connectivity index is 5.21. The van der Waals surface area contributed by atoms with Crippen LogP contribution in [0.15, 0.2) is 0 Å². The van der Waals surface area contributed by atoms with Crippen LogP contribution in [-0.4, -0.2) is 96.7 Å². The van der Waals surface area contributed by atoms with Gasteiger partial charge in [0.15, 0.2) is 12.2 Å². The molecule has 0 saturated heterocycles. The average Bonchev–Trinajstić information content (AvgIpc) is 0.971. The highest BCUT2D eigenvalue weighted by molar-refractivity contribution is 7.47. The molecule has 0 aromatic heterocycles. The van der Waals surface area contributed by atoms with E-state index in [1.54, 1.807) is 0 Å². The van der Waals surface area contributed by atoms with E-state index in [0.717, 1.165) is 95.8 Å². The van der Waals surface area contributed by atoms with Gasteiger partial charge >= 0.3 is 39.5 Å². The van der Waals surface area contributed by atoms with Gasteiger partial charge < -0.3 is 33.8 Å². The average molecular weight is 1470 g/mol. The van der Waals surface area contributed by atoms with Gasteiger partial charge in [0.1, 0.15) is 19.3 Å². The molecule has 0 radical (unpaired) electrons. The van der Waals surface area contributed by atoms with Crippen molar-refractivity contribution in [3.63, 3.8) is 0 Å². The van der Waals surface area contributed by atoms with Crippen LogP contribution in [0.5, 0.6) is 0 Å². The minimum Gasteiger partial charge on any atom is -0.462 e. The number of ether oxygens (including phenoxy) is 4. The molecule has 0 bridgehead atoms. The molecule has 5 atom stereocenters. The molecule has 100 heavy (non-hydrogen) atoms. The summed E-state index contributed by atoms with van der Waals surface area (Å²) in [6, 6.07) is 0. The van der Waals surface area contributed by atoms with Gasteiger partial charge in [0.2, 0.25) is 0 Å². The highest BCUT2D eigenvalue weighted by atomic mass is 31.2. The first-order valence-electron chi connectivity index (χ1n) is 42.1. The van der Waals surface area contributed by atoms with E-state index in [2.05, 4.69) is 34.6 Å². The van der Waals surface area contributed by atoms with Crippen molar-refractivity contribution in [2.24, 2.45) is 5.92 Å². The number of unbranched alkanes of at least 4 members (excludes halogenated alkanes) is 53. The number of carbonyl (C=O) groups is 4. The Morgan fingerprint density at radius 3 is 0.680 bits per heavy atom. The molecule has 0 rings (SSSR count). The third kappa shape index (κ3) is 74.3. The van der Waals surface area contributed by atoms with Crippen LogP contribution in [0, 0.1) is 5.92 Å². The van der Waals surface area contributed by atoms with Crippen molar-refractivity contribution in [2.75, 3.05) is 39.6 Å². The Labute approximate surface area is 613 Å². The lowest BCUT2D eigenvalue weighted by molar-refractivity contribution is -0.161. The van der Waals surface area contributed by atoms with Gasteiger partial charge in [0, 0.05) is 25.7 Å². The third-order valence-corrected chi connectivity index (χ3v) is 20.9. The van der Waals surface area contributed by atoms with Crippen LogP contribution in [0.1, 0.15) is 433 Å². The van der Waals surface area contributed by atoms with Gasteiger partial charge in [-0.3, -0.25) is 37.3 Å². The summed E-state index contributed by atoms with van der Waals surface area (Å²) < 4.78 is 68.7. The molecule has 0 aliphatic carbocycles. The van der Waals surface area contributed by atoms with Crippen LogP contribution in [-0.2, 0) is 65.4 Å². The fourth-order valence-electron chi connectivity index (χ4n) is 12.6. The summed E-state index contributed by atoms with van der Waals surface area (Å²) in [6.07, 6.45) is 65.2. The molecule has 0 saturated carbocycles. The predicted molar refractivity (Wildman–Crippen MR) is 409 cm³/mol. The number of esters is 4. The molecule has 2 unspecified atom stereocenters. The van der Waals surface area contributed by atoms with Crippen LogP contribution in [0.2, 0.25) is 0 Å². The van der Waals surface area contributed by atoms with E-state index in [1.165, 1.54) is 257 Å². The molecule has 19 heteroatoms. The second-order valence-electron chi connectivity index (χ2n) is 29.6. The number of aliphatic hydroxyl groups excluding tert-OH is 1. The molecular weight excluding hydrogens is 1310 g/mol. The minimum absolute atomic E-state index is 0.108. The second-order valence-corrected chi connectivity index (χ2v) is 32.5. The Bertz CT molecular complexity index is 1910. The molecule has 0 heterocycles. The van der Waals surface area contributed by atoms with Gasteiger partial charge in [-0.15, -0.1) is 0 Å². The molecule has 594 valence electrons. The quantitative estimate of drug-likeness (QED) is 0.0222. The molecule has 0 amide bonds. The van der Waals surface area contributed by atoms with Crippen LogP contribution in [0.3, 0.4) is 0 Å². The van der Waals surface area contributed by atoms with E-state index < -0.39 is 97.5 Å². The fraction of sp³-hybridized carbons (Fsp3) is 0.951. The van der Waals surface area contributed by atoms with E-state index >= 15 is 0 Å². The standard InChI is InChI=1S/C81H158O17P2/c1-6-9-12-15-18-21-24-25-26-29-33-36-41-45-50-55-60-65-79(84)92-71-77(98-81(86)67-62-57-52-47-42-37-34-31-28-27-30-32-35-40-43-48-53-58-63-74(4)5)73-96-100(89,90)94-69-75(82)68-93-99(87,88)95-72-76(97-80(85)66-61-56-51-46-39-23-20-17-14-11-8-3)70-91-78(83)64-59-54-49-44-38-22-19-16-13-10-7-2/h74-77,82H,6-73H2,1-5H3,(H,87,88)(H,89,90)/t75-,76+,77+/m0/s1. The van der Waals surface area contributed by atoms with Gasteiger partial charge in [0.25, 0.3) is 0 Å². The highest BCUT2D eigenvalue weighted by Crippen LogP contribution is 2.45. The molecule has 0 aromatic carbocycles. The van der Waals surface area contributed by atoms with Crippen LogP contribution in [0.4, 0.5) is 0 Å². The molecule has 0 aliphatic heterocycles. The van der Waals surface area contributed by atoms with Crippen molar-refractivity contribution >= 4 is 39.5 Å². The van der Waals surface area contributed by atoms with Crippen LogP contribution in [0.25, 0.3) is 0 Å². The van der Waals surface area contributed by atoms with E-state index in [0.29, 0.717) is 25.7 Å². The monoisotopic (exact) mass is 1470 g/mol. The number of hydrogen-bond acceptors (Lipinski definition) is 15. The predicted octanol–water partition coefficient (Wildman–Crippen LogP) is 24.4. The molecule has 3 N–H and O–H groups in total. The molecular formula is C81H158O17P2. The summed E-state index contributed by atoms with van der Waals surface area (Å²) in [5, 5.41) is 10.6. The maximum absolute atomic E-state index is 13.1. The summed E-state index contributed by atoms with van der Waals surface area (Å²) in [5.74, 6) is -1.28. The minimum atomic E-state index is -4.96. The summed E-state index contributed by atoms with van der Waals surface area (Å²) in [5.41, 5.74) is 0. The largest absolute Gasteiger partial charge is 0.472 e. The van der Waals surface area contributed by atoms with Crippen LogP contribution < -0.4 is 0 Å². The lowest BCUT2D eigenvalue weighted by atomic mass is 10.0. The molecule has 0 aliphatic rings. The number of carbonyl (C=O) groups excluding carboxylic acids is 4. The lowest BCUT2D eigenvalue weighted by Crippen LogP contribution is -2.30. The maximum Gasteiger partial charge on any atom is 0.472 e. The first-order chi connectivity index (χ1) is 48.5. The van der Waals surface area contributed by atoms with E-state index in [1.807, 2.05) is 0 Å². The first kappa shape index (κ1) is 98.1. The molecule has 0 aromatic rings.